The SMILES string of the molecule is COc1cc(/C=C2\SC(=O)N(CC(=O)NCC(=O)O)C2=O)cc(OC)c1O. The largest absolute Gasteiger partial charge is 0.502 e. The van der Waals surface area contributed by atoms with Crippen LogP contribution in [0, 0.1) is 0 Å². The molecule has 1 aromatic carbocycles. The number of phenols is 1. The molecule has 0 bridgehead atoms. The standard InChI is InChI=1S/C16H16N2O8S/c1-25-9-3-8(4-10(26-2)14(9)22)5-11-15(23)18(16(24)27-11)7-12(19)17-6-13(20)21/h3-5,22H,6-7H2,1-2H3,(H,17,19)(H,20,21)/b11-5-. The first-order valence-corrected chi connectivity index (χ1v) is 8.27. The second-order valence-corrected chi connectivity index (χ2v) is 6.21. The van der Waals surface area contributed by atoms with Gasteiger partial charge in [0.25, 0.3) is 11.1 Å². The number of nitrogens with one attached hydrogen (secondary N) is 1. The first-order chi connectivity index (χ1) is 12.8. The number of carbonyl (C=O) groups is 4. The van der Waals surface area contributed by atoms with E-state index < -0.39 is 36.1 Å². The highest BCUT2D eigenvalue weighted by Crippen LogP contribution is 2.39. The van der Waals surface area contributed by atoms with Crippen molar-refractivity contribution in [2.45, 2.75) is 0 Å². The lowest BCUT2D eigenvalue weighted by Crippen LogP contribution is -2.41. The number of carbonyl (C=O) groups excluding carboxylic acids is 3. The Morgan fingerprint density at radius 2 is 1.81 bits per heavy atom. The number of hydrogen-bond acceptors (Lipinski definition) is 8. The van der Waals surface area contributed by atoms with Crippen molar-refractivity contribution in [2.24, 2.45) is 0 Å². The van der Waals surface area contributed by atoms with Crippen molar-refractivity contribution in [3.8, 4) is 17.2 Å². The van der Waals surface area contributed by atoms with E-state index in [9.17, 15) is 24.3 Å². The topological polar surface area (TPSA) is 142 Å². The molecule has 11 heteroatoms. The summed E-state index contributed by atoms with van der Waals surface area (Å²) in [6, 6.07) is 2.90. The van der Waals surface area contributed by atoms with E-state index >= 15 is 0 Å². The van der Waals surface area contributed by atoms with Crippen LogP contribution in [0.25, 0.3) is 6.08 Å². The highest BCUT2D eigenvalue weighted by molar-refractivity contribution is 8.18. The first kappa shape index (κ1) is 20.1. The summed E-state index contributed by atoms with van der Waals surface area (Å²) in [7, 11) is 2.70. The van der Waals surface area contributed by atoms with E-state index in [2.05, 4.69) is 5.32 Å². The number of rotatable bonds is 7. The number of aromatic hydroxyl groups is 1. The van der Waals surface area contributed by atoms with E-state index in [4.69, 9.17) is 14.6 Å². The van der Waals surface area contributed by atoms with E-state index in [1.807, 2.05) is 0 Å². The van der Waals surface area contributed by atoms with Crippen molar-refractivity contribution >= 4 is 40.9 Å². The maximum absolute atomic E-state index is 12.4. The zero-order chi connectivity index (χ0) is 20.1. The van der Waals surface area contributed by atoms with Gasteiger partial charge in [0.15, 0.2) is 11.5 Å². The summed E-state index contributed by atoms with van der Waals surface area (Å²) in [5.74, 6) is -2.68. The molecule has 0 radical (unpaired) electrons. The number of ether oxygens (including phenoxy) is 2. The molecule has 2 rings (SSSR count). The van der Waals surface area contributed by atoms with Gasteiger partial charge in [-0.1, -0.05) is 0 Å². The Hall–Kier alpha value is -3.21. The quantitative estimate of drug-likeness (QED) is 0.566. The average Bonchev–Trinajstić information content (AvgIpc) is 2.88. The van der Waals surface area contributed by atoms with Crippen LogP contribution in [0.2, 0.25) is 0 Å². The van der Waals surface area contributed by atoms with Crippen LogP contribution < -0.4 is 14.8 Å². The molecule has 0 aromatic heterocycles. The monoisotopic (exact) mass is 396 g/mol. The van der Waals surface area contributed by atoms with Gasteiger partial charge in [0.2, 0.25) is 11.7 Å². The van der Waals surface area contributed by atoms with Gasteiger partial charge in [-0.15, -0.1) is 0 Å². The molecule has 1 fully saturated rings. The number of carboxylic acid groups (broad SMARTS) is 1. The van der Waals surface area contributed by atoms with Crippen molar-refractivity contribution < 1.29 is 38.9 Å². The molecular formula is C16H16N2O8S. The van der Waals surface area contributed by atoms with Crippen molar-refractivity contribution in [1.82, 2.24) is 10.2 Å². The van der Waals surface area contributed by atoms with Crippen LogP contribution in [0.4, 0.5) is 4.79 Å². The van der Waals surface area contributed by atoms with E-state index in [1.165, 1.54) is 32.4 Å². The van der Waals surface area contributed by atoms with Crippen LogP contribution in [-0.2, 0) is 14.4 Å². The van der Waals surface area contributed by atoms with E-state index in [0.717, 1.165) is 0 Å². The van der Waals surface area contributed by atoms with Crippen molar-refractivity contribution in [3.05, 3.63) is 22.6 Å². The number of phenolic OH excluding ortho intramolecular Hbond substituents is 1. The molecule has 3 amide bonds. The van der Waals surface area contributed by atoms with E-state index in [-0.39, 0.29) is 22.2 Å². The van der Waals surface area contributed by atoms with Gasteiger partial charge in [0, 0.05) is 0 Å². The average molecular weight is 396 g/mol. The van der Waals surface area contributed by atoms with Gasteiger partial charge in [-0.05, 0) is 35.5 Å². The molecule has 0 unspecified atom stereocenters. The maximum Gasteiger partial charge on any atom is 0.322 e. The number of aliphatic carboxylic acids is 1. The Balaban J connectivity index is 2.21. The number of methoxy groups -OCH3 is 2. The van der Waals surface area contributed by atoms with Crippen molar-refractivity contribution in [3.63, 3.8) is 0 Å². The van der Waals surface area contributed by atoms with Crippen LogP contribution in [-0.4, -0.2) is 65.4 Å². The molecule has 144 valence electrons. The molecule has 1 aliphatic heterocycles. The molecular weight excluding hydrogens is 380 g/mol. The third-order valence-corrected chi connectivity index (χ3v) is 4.32. The molecule has 10 nitrogen and oxygen atoms in total. The van der Waals surface area contributed by atoms with E-state index in [0.29, 0.717) is 22.2 Å². The van der Waals surface area contributed by atoms with Crippen LogP contribution in [0.15, 0.2) is 17.0 Å². The van der Waals surface area contributed by atoms with Crippen LogP contribution in [0.1, 0.15) is 5.56 Å². The predicted molar refractivity (Wildman–Crippen MR) is 94.5 cm³/mol. The number of nitrogens with zero attached hydrogens (tertiary/aromatic N) is 1. The summed E-state index contributed by atoms with van der Waals surface area (Å²) in [5, 5.41) is 19.9. The minimum atomic E-state index is -1.24. The second-order valence-electron chi connectivity index (χ2n) is 5.21. The lowest BCUT2D eigenvalue weighted by atomic mass is 10.1. The van der Waals surface area contributed by atoms with Gasteiger partial charge in [0.05, 0.1) is 19.1 Å². The Kier molecular flexibility index (Phi) is 6.29. The number of hydrogen-bond donors (Lipinski definition) is 3. The summed E-state index contributed by atoms with van der Waals surface area (Å²) in [5.41, 5.74) is 0.433. The molecule has 0 atom stereocenters. The highest BCUT2D eigenvalue weighted by atomic mass is 32.2. The summed E-state index contributed by atoms with van der Waals surface area (Å²) in [6.45, 7) is -1.20. The fourth-order valence-corrected chi connectivity index (χ4v) is 3.00. The minimum absolute atomic E-state index is 0.0563. The summed E-state index contributed by atoms with van der Waals surface area (Å²) < 4.78 is 10.1. The molecule has 0 spiro atoms. The number of imide groups is 1. The van der Waals surface area contributed by atoms with Gasteiger partial charge in [-0.3, -0.25) is 24.1 Å². The minimum Gasteiger partial charge on any atom is -0.502 e. The number of amides is 3. The van der Waals surface area contributed by atoms with Crippen LogP contribution in [0.3, 0.4) is 0 Å². The summed E-state index contributed by atoms with van der Waals surface area (Å²) in [6.07, 6.45) is 1.39. The molecule has 0 saturated carbocycles. The first-order valence-electron chi connectivity index (χ1n) is 7.45. The van der Waals surface area contributed by atoms with Crippen LogP contribution >= 0.6 is 11.8 Å². The Morgan fingerprint density at radius 3 is 2.33 bits per heavy atom. The van der Waals surface area contributed by atoms with Crippen molar-refractivity contribution in [2.75, 3.05) is 27.3 Å². The maximum atomic E-state index is 12.4. The smallest absolute Gasteiger partial charge is 0.322 e. The fourth-order valence-electron chi connectivity index (χ4n) is 2.16. The zero-order valence-electron chi connectivity index (χ0n) is 14.3. The third kappa shape index (κ3) is 4.70. The lowest BCUT2D eigenvalue weighted by molar-refractivity contribution is -0.138. The van der Waals surface area contributed by atoms with Gasteiger partial charge in [-0.2, -0.15) is 0 Å². The van der Waals surface area contributed by atoms with Gasteiger partial charge in [0.1, 0.15) is 13.1 Å². The molecule has 1 saturated heterocycles. The molecule has 27 heavy (non-hydrogen) atoms. The number of carboxylic acids is 1. The fraction of sp³-hybridized carbons (Fsp3) is 0.250. The predicted octanol–water partition coefficient (Wildman–Crippen LogP) is 0.646. The Labute approximate surface area is 157 Å². The van der Waals surface area contributed by atoms with Gasteiger partial charge >= 0.3 is 5.97 Å². The van der Waals surface area contributed by atoms with E-state index in [1.54, 1.807) is 0 Å². The zero-order valence-corrected chi connectivity index (χ0v) is 15.2. The van der Waals surface area contributed by atoms with Gasteiger partial charge < -0.3 is 25.0 Å². The molecule has 1 heterocycles. The summed E-state index contributed by atoms with van der Waals surface area (Å²) >= 11 is 0.632. The Bertz CT molecular complexity index is 811. The number of benzene rings is 1. The number of thioether (sulfide) groups is 1. The molecule has 1 aliphatic rings. The normalized spacial score (nSPS) is 15.2. The van der Waals surface area contributed by atoms with Gasteiger partial charge in [-0.25, -0.2) is 0 Å². The van der Waals surface area contributed by atoms with Crippen molar-refractivity contribution in [1.29, 1.82) is 0 Å². The van der Waals surface area contributed by atoms with Crippen LogP contribution in [0.5, 0.6) is 17.2 Å². The molecule has 3 N–H and O–H groups in total. The summed E-state index contributed by atoms with van der Waals surface area (Å²) in [4.78, 5) is 47.2. The molecule has 0 aliphatic carbocycles. The third-order valence-electron chi connectivity index (χ3n) is 3.41. The Morgan fingerprint density at radius 1 is 1.22 bits per heavy atom. The second kappa shape index (κ2) is 8.45. The highest BCUT2D eigenvalue weighted by Gasteiger charge is 2.36. The molecule has 1 aromatic rings. The lowest BCUT2D eigenvalue weighted by Gasteiger charge is -2.11.